The number of anilines is 1. The average Bonchev–Trinajstić information content (AvgIpc) is 2.61. The molecule has 0 bridgehead atoms. The highest BCUT2D eigenvalue weighted by atomic mass is 32.2. The van der Waals surface area contributed by atoms with Gasteiger partial charge in [-0.2, -0.15) is 0 Å². The maximum atomic E-state index is 12.2. The number of hydrogen-bond acceptors (Lipinski definition) is 6. The fraction of sp³-hybridized carbons (Fsp3) is 0.188. The zero-order chi connectivity index (χ0) is 18.2. The predicted octanol–water partition coefficient (Wildman–Crippen LogP) is 2.47. The van der Waals surface area contributed by atoms with Crippen LogP contribution in [0, 0.1) is 10.1 Å². The molecule has 1 heterocycles. The molecule has 2 N–H and O–H groups in total. The van der Waals surface area contributed by atoms with Gasteiger partial charge in [-0.15, -0.1) is 11.8 Å². The number of carbonyl (C=O) groups excluding carboxylic acids is 2. The number of nitro groups is 1. The van der Waals surface area contributed by atoms with Crippen LogP contribution in [0.3, 0.4) is 0 Å². The number of aromatic nitrogens is 1. The van der Waals surface area contributed by atoms with E-state index in [1.807, 2.05) is 6.26 Å². The van der Waals surface area contributed by atoms with E-state index in [9.17, 15) is 19.7 Å². The van der Waals surface area contributed by atoms with Crippen molar-refractivity contribution in [3.63, 3.8) is 0 Å². The van der Waals surface area contributed by atoms with Crippen molar-refractivity contribution in [2.45, 2.75) is 11.3 Å². The van der Waals surface area contributed by atoms with E-state index in [4.69, 9.17) is 0 Å². The van der Waals surface area contributed by atoms with Gasteiger partial charge in [0.05, 0.1) is 4.92 Å². The SMILES string of the molecule is CSc1ccc([N+](=O)[O-])c(C(=O)NCCC(=O)Nc2ccccn2)c1. The molecule has 0 atom stereocenters. The number of carbonyl (C=O) groups is 2. The van der Waals surface area contributed by atoms with Crippen LogP contribution in [0.4, 0.5) is 11.5 Å². The summed E-state index contributed by atoms with van der Waals surface area (Å²) in [5.41, 5.74) is -0.296. The van der Waals surface area contributed by atoms with Crippen molar-refractivity contribution >= 4 is 35.1 Å². The Balaban J connectivity index is 1.94. The Labute approximate surface area is 148 Å². The summed E-state index contributed by atoms with van der Waals surface area (Å²) in [6, 6.07) is 9.46. The van der Waals surface area contributed by atoms with Gasteiger partial charge in [0.1, 0.15) is 11.4 Å². The lowest BCUT2D eigenvalue weighted by atomic mass is 10.1. The van der Waals surface area contributed by atoms with Crippen molar-refractivity contribution < 1.29 is 14.5 Å². The Hall–Kier alpha value is -2.94. The minimum absolute atomic E-state index is 0.0259. The zero-order valence-electron chi connectivity index (χ0n) is 13.4. The molecular weight excluding hydrogens is 344 g/mol. The summed E-state index contributed by atoms with van der Waals surface area (Å²) in [6.07, 6.45) is 3.39. The Kier molecular flexibility index (Phi) is 6.47. The van der Waals surface area contributed by atoms with E-state index in [0.717, 1.165) is 4.90 Å². The molecule has 2 rings (SSSR count). The van der Waals surface area contributed by atoms with Crippen molar-refractivity contribution in [1.29, 1.82) is 0 Å². The van der Waals surface area contributed by atoms with Gasteiger partial charge in [-0.25, -0.2) is 4.98 Å². The summed E-state index contributed by atoms with van der Waals surface area (Å²) in [6.45, 7) is 0.0537. The number of benzene rings is 1. The lowest BCUT2D eigenvalue weighted by molar-refractivity contribution is -0.385. The van der Waals surface area contributed by atoms with Gasteiger partial charge in [-0.1, -0.05) is 6.07 Å². The average molecular weight is 360 g/mol. The highest BCUT2D eigenvalue weighted by Gasteiger charge is 2.20. The Bertz CT molecular complexity index is 783. The number of pyridine rings is 1. The fourth-order valence-corrected chi connectivity index (χ4v) is 2.45. The lowest BCUT2D eigenvalue weighted by Crippen LogP contribution is -2.28. The Morgan fingerprint density at radius 1 is 1.28 bits per heavy atom. The second-order valence-corrected chi connectivity index (χ2v) is 5.79. The molecule has 0 aliphatic heterocycles. The number of nitro benzene ring substituents is 1. The smallest absolute Gasteiger partial charge is 0.282 e. The van der Waals surface area contributed by atoms with Crippen molar-refractivity contribution in [2.75, 3.05) is 18.1 Å². The highest BCUT2D eigenvalue weighted by Crippen LogP contribution is 2.24. The van der Waals surface area contributed by atoms with Crippen LogP contribution in [-0.4, -0.2) is 34.5 Å². The molecule has 2 aromatic rings. The van der Waals surface area contributed by atoms with Gasteiger partial charge in [0, 0.05) is 30.1 Å². The number of amides is 2. The van der Waals surface area contributed by atoms with E-state index in [2.05, 4.69) is 15.6 Å². The first-order valence-corrected chi connectivity index (χ1v) is 8.55. The van der Waals surface area contributed by atoms with Gasteiger partial charge in [-0.05, 0) is 30.5 Å². The van der Waals surface area contributed by atoms with Crippen LogP contribution in [0.1, 0.15) is 16.8 Å². The van der Waals surface area contributed by atoms with Crippen LogP contribution in [0.5, 0.6) is 0 Å². The van der Waals surface area contributed by atoms with Gasteiger partial charge < -0.3 is 10.6 Å². The molecule has 1 aromatic heterocycles. The fourth-order valence-electron chi connectivity index (χ4n) is 2.01. The van der Waals surface area contributed by atoms with Crippen LogP contribution in [0.25, 0.3) is 0 Å². The third-order valence-corrected chi connectivity index (χ3v) is 3.94. The third-order valence-electron chi connectivity index (χ3n) is 3.22. The monoisotopic (exact) mass is 360 g/mol. The molecule has 9 heteroatoms. The molecule has 8 nitrogen and oxygen atoms in total. The second kappa shape index (κ2) is 8.78. The molecule has 130 valence electrons. The summed E-state index contributed by atoms with van der Waals surface area (Å²) in [4.78, 5) is 39.2. The largest absolute Gasteiger partial charge is 0.351 e. The molecule has 25 heavy (non-hydrogen) atoms. The van der Waals surface area contributed by atoms with Crippen LogP contribution in [-0.2, 0) is 4.79 Å². The number of rotatable bonds is 7. The van der Waals surface area contributed by atoms with E-state index in [-0.39, 0.29) is 30.1 Å². The first kappa shape index (κ1) is 18.4. The number of thioether (sulfide) groups is 1. The van der Waals surface area contributed by atoms with Crippen LogP contribution >= 0.6 is 11.8 Å². The number of hydrogen-bond donors (Lipinski definition) is 2. The number of nitrogens with zero attached hydrogens (tertiary/aromatic N) is 2. The van der Waals surface area contributed by atoms with Crippen molar-refractivity contribution in [3.05, 3.63) is 58.3 Å². The van der Waals surface area contributed by atoms with Crippen LogP contribution in [0.15, 0.2) is 47.5 Å². The van der Waals surface area contributed by atoms with E-state index in [1.54, 1.807) is 30.5 Å². The normalized spacial score (nSPS) is 10.1. The molecule has 0 spiro atoms. The second-order valence-electron chi connectivity index (χ2n) is 4.91. The van der Waals surface area contributed by atoms with Crippen LogP contribution < -0.4 is 10.6 Å². The molecule has 0 saturated heterocycles. The van der Waals surface area contributed by atoms with Crippen molar-refractivity contribution in [2.24, 2.45) is 0 Å². The topological polar surface area (TPSA) is 114 Å². The first-order chi connectivity index (χ1) is 12.0. The zero-order valence-corrected chi connectivity index (χ0v) is 14.2. The standard InChI is InChI=1S/C16H16N4O4S/c1-25-11-5-6-13(20(23)24)12(10-11)16(22)18-9-7-15(21)19-14-4-2-3-8-17-14/h2-6,8,10H,7,9H2,1H3,(H,18,22)(H,17,19,21). The lowest BCUT2D eigenvalue weighted by Gasteiger charge is -2.07. The van der Waals surface area contributed by atoms with E-state index >= 15 is 0 Å². The summed E-state index contributed by atoms with van der Waals surface area (Å²) < 4.78 is 0. The molecule has 0 unspecified atom stereocenters. The first-order valence-electron chi connectivity index (χ1n) is 7.32. The van der Waals surface area contributed by atoms with Gasteiger partial charge in [-0.3, -0.25) is 19.7 Å². The van der Waals surface area contributed by atoms with E-state index < -0.39 is 10.8 Å². The molecule has 0 aliphatic rings. The molecule has 1 aromatic carbocycles. The van der Waals surface area contributed by atoms with Gasteiger partial charge in [0.25, 0.3) is 11.6 Å². The Morgan fingerprint density at radius 3 is 2.72 bits per heavy atom. The van der Waals surface area contributed by atoms with Crippen LogP contribution in [0.2, 0.25) is 0 Å². The molecule has 0 fully saturated rings. The van der Waals surface area contributed by atoms with Crippen molar-refractivity contribution in [3.8, 4) is 0 Å². The summed E-state index contributed by atoms with van der Waals surface area (Å²) >= 11 is 1.38. The predicted molar refractivity (Wildman–Crippen MR) is 94.7 cm³/mol. The van der Waals surface area contributed by atoms with Gasteiger partial charge in [0.2, 0.25) is 5.91 Å². The third kappa shape index (κ3) is 5.28. The number of nitrogens with one attached hydrogen (secondary N) is 2. The maximum Gasteiger partial charge on any atom is 0.282 e. The van der Waals surface area contributed by atoms with Gasteiger partial charge >= 0.3 is 0 Å². The molecule has 0 aliphatic carbocycles. The maximum absolute atomic E-state index is 12.2. The minimum Gasteiger partial charge on any atom is -0.351 e. The van der Waals surface area contributed by atoms with Gasteiger partial charge in [0.15, 0.2) is 0 Å². The summed E-state index contributed by atoms with van der Waals surface area (Å²) in [5.74, 6) is -0.485. The van der Waals surface area contributed by atoms with E-state index in [1.165, 1.54) is 23.9 Å². The quantitative estimate of drug-likeness (QED) is 0.445. The molecule has 0 saturated carbocycles. The van der Waals surface area contributed by atoms with Crippen molar-refractivity contribution in [1.82, 2.24) is 10.3 Å². The summed E-state index contributed by atoms with van der Waals surface area (Å²) in [5, 5.41) is 16.2. The molecule has 2 amide bonds. The molecule has 0 radical (unpaired) electrons. The molecular formula is C16H16N4O4S. The minimum atomic E-state index is -0.604. The summed E-state index contributed by atoms with van der Waals surface area (Å²) in [7, 11) is 0. The Morgan fingerprint density at radius 2 is 2.08 bits per heavy atom. The highest BCUT2D eigenvalue weighted by molar-refractivity contribution is 7.98. The van der Waals surface area contributed by atoms with E-state index in [0.29, 0.717) is 5.82 Å².